The third-order valence-corrected chi connectivity index (χ3v) is 3.46. The second kappa shape index (κ2) is 6.98. The molecule has 0 bridgehead atoms. The van der Waals surface area contributed by atoms with Crippen molar-refractivity contribution in [1.29, 1.82) is 0 Å². The maximum Gasteiger partial charge on any atom is 0.141 e. The molecule has 6 heteroatoms. The van der Waals surface area contributed by atoms with Crippen LogP contribution in [0.15, 0.2) is 6.33 Å². The molecule has 1 atom stereocenters. The number of rotatable bonds is 6. The molecule has 2 heterocycles. The molecule has 0 saturated carbocycles. The fourth-order valence-electron chi connectivity index (χ4n) is 2.37. The molecule has 0 spiro atoms. The predicted molar refractivity (Wildman–Crippen MR) is 74.0 cm³/mol. The highest BCUT2D eigenvalue weighted by molar-refractivity contribution is 4.86. The maximum atomic E-state index is 5.76. The summed E-state index contributed by atoms with van der Waals surface area (Å²) in [6.07, 6.45) is 1.90. The normalized spacial score (nSPS) is 21.2. The monoisotopic (exact) mass is 267 g/mol. The van der Waals surface area contributed by atoms with E-state index in [9.17, 15) is 0 Å². The first-order valence-corrected chi connectivity index (χ1v) is 7.13. The molecule has 1 aromatic rings. The van der Waals surface area contributed by atoms with Crippen molar-refractivity contribution in [3.05, 3.63) is 12.2 Å². The Morgan fingerprint density at radius 2 is 2.37 bits per heavy atom. The Bertz CT molecular complexity index is 379. The number of hydrogen-bond acceptors (Lipinski definition) is 5. The molecule has 1 saturated heterocycles. The van der Waals surface area contributed by atoms with Gasteiger partial charge in [-0.25, -0.2) is 9.67 Å². The summed E-state index contributed by atoms with van der Waals surface area (Å²) in [5.41, 5.74) is 0. The standard InChI is InChI=1S/C13H25N5O/c1-4-17-5-6-19-12(9-17)7-14-8-13-15-10-16-18(13)11(2)3/h10-12,14H,4-9H2,1-3H3. The SMILES string of the molecule is CCN1CCOC(CNCc2ncnn2C(C)C)C1. The van der Waals surface area contributed by atoms with Crippen molar-refractivity contribution in [3.63, 3.8) is 0 Å². The molecule has 1 aliphatic heterocycles. The zero-order valence-electron chi connectivity index (χ0n) is 12.2. The molecule has 1 unspecified atom stereocenters. The molecule has 0 radical (unpaired) electrons. The third kappa shape index (κ3) is 3.99. The van der Waals surface area contributed by atoms with E-state index in [-0.39, 0.29) is 6.10 Å². The fourth-order valence-corrected chi connectivity index (χ4v) is 2.37. The van der Waals surface area contributed by atoms with E-state index >= 15 is 0 Å². The van der Waals surface area contributed by atoms with E-state index in [0.717, 1.165) is 45.2 Å². The molecular weight excluding hydrogens is 242 g/mol. The number of aromatic nitrogens is 3. The van der Waals surface area contributed by atoms with Crippen molar-refractivity contribution in [2.45, 2.75) is 39.5 Å². The summed E-state index contributed by atoms with van der Waals surface area (Å²) in [6, 6.07) is 0.348. The fraction of sp³-hybridized carbons (Fsp3) is 0.846. The molecule has 1 fully saturated rings. The molecule has 2 rings (SSSR count). The highest BCUT2D eigenvalue weighted by Crippen LogP contribution is 2.06. The summed E-state index contributed by atoms with van der Waals surface area (Å²) in [4.78, 5) is 6.71. The van der Waals surface area contributed by atoms with Crippen molar-refractivity contribution in [1.82, 2.24) is 25.0 Å². The van der Waals surface area contributed by atoms with Gasteiger partial charge in [0.2, 0.25) is 0 Å². The van der Waals surface area contributed by atoms with E-state index in [4.69, 9.17) is 4.74 Å². The van der Waals surface area contributed by atoms with Gasteiger partial charge in [-0.2, -0.15) is 5.10 Å². The van der Waals surface area contributed by atoms with Gasteiger partial charge in [-0.05, 0) is 20.4 Å². The van der Waals surface area contributed by atoms with Gasteiger partial charge in [-0.3, -0.25) is 4.90 Å². The van der Waals surface area contributed by atoms with E-state index in [1.165, 1.54) is 0 Å². The lowest BCUT2D eigenvalue weighted by atomic mass is 10.2. The molecule has 1 aliphatic rings. The van der Waals surface area contributed by atoms with Gasteiger partial charge in [0.05, 0.1) is 19.3 Å². The van der Waals surface area contributed by atoms with E-state index in [2.05, 4.69) is 41.1 Å². The molecule has 0 amide bonds. The van der Waals surface area contributed by atoms with Crippen LogP contribution in [0.5, 0.6) is 0 Å². The first-order chi connectivity index (χ1) is 9.20. The van der Waals surface area contributed by atoms with Crippen LogP contribution < -0.4 is 5.32 Å². The van der Waals surface area contributed by atoms with Crippen LogP contribution in [-0.4, -0.2) is 58.6 Å². The number of hydrogen-bond donors (Lipinski definition) is 1. The van der Waals surface area contributed by atoms with Gasteiger partial charge in [0.15, 0.2) is 0 Å². The van der Waals surface area contributed by atoms with Gasteiger partial charge in [-0.15, -0.1) is 0 Å². The number of ether oxygens (including phenoxy) is 1. The van der Waals surface area contributed by atoms with Crippen LogP contribution in [0.3, 0.4) is 0 Å². The second-order valence-electron chi connectivity index (χ2n) is 5.23. The molecule has 19 heavy (non-hydrogen) atoms. The summed E-state index contributed by atoms with van der Waals surface area (Å²) in [7, 11) is 0. The molecule has 0 aromatic carbocycles. The quantitative estimate of drug-likeness (QED) is 0.821. The first kappa shape index (κ1) is 14.4. The molecular formula is C13H25N5O. The second-order valence-corrected chi connectivity index (χ2v) is 5.23. The van der Waals surface area contributed by atoms with Crippen LogP contribution in [-0.2, 0) is 11.3 Å². The zero-order valence-corrected chi connectivity index (χ0v) is 12.2. The highest BCUT2D eigenvalue weighted by Gasteiger charge is 2.19. The van der Waals surface area contributed by atoms with Gasteiger partial charge >= 0.3 is 0 Å². The average Bonchev–Trinajstić information content (AvgIpc) is 2.87. The first-order valence-electron chi connectivity index (χ1n) is 7.13. The summed E-state index contributed by atoms with van der Waals surface area (Å²) >= 11 is 0. The Morgan fingerprint density at radius 3 is 3.11 bits per heavy atom. The largest absolute Gasteiger partial charge is 0.374 e. The minimum Gasteiger partial charge on any atom is -0.374 e. The lowest BCUT2D eigenvalue weighted by Gasteiger charge is -2.32. The van der Waals surface area contributed by atoms with E-state index in [0.29, 0.717) is 6.04 Å². The number of nitrogens with one attached hydrogen (secondary N) is 1. The highest BCUT2D eigenvalue weighted by atomic mass is 16.5. The summed E-state index contributed by atoms with van der Waals surface area (Å²) in [6.45, 7) is 12.0. The lowest BCUT2D eigenvalue weighted by Crippen LogP contribution is -2.46. The van der Waals surface area contributed by atoms with Crippen molar-refractivity contribution < 1.29 is 4.74 Å². The van der Waals surface area contributed by atoms with E-state index in [1.807, 2.05) is 4.68 Å². The van der Waals surface area contributed by atoms with Gasteiger partial charge in [0.1, 0.15) is 12.2 Å². The van der Waals surface area contributed by atoms with Crippen molar-refractivity contribution in [3.8, 4) is 0 Å². The topological polar surface area (TPSA) is 55.2 Å². The Balaban J connectivity index is 1.75. The van der Waals surface area contributed by atoms with Crippen molar-refractivity contribution in [2.75, 3.05) is 32.8 Å². The summed E-state index contributed by atoms with van der Waals surface area (Å²) < 4.78 is 7.71. The van der Waals surface area contributed by atoms with Gasteiger partial charge in [-0.1, -0.05) is 6.92 Å². The molecule has 108 valence electrons. The Morgan fingerprint density at radius 1 is 1.53 bits per heavy atom. The van der Waals surface area contributed by atoms with Crippen LogP contribution in [0.2, 0.25) is 0 Å². The maximum absolute atomic E-state index is 5.76. The molecule has 1 N–H and O–H groups in total. The van der Waals surface area contributed by atoms with Crippen LogP contribution in [0, 0.1) is 0 Å². The minimum absolute atomic E-state index is 0.282. The Labute approximate surface area is 115 Å². The van der Waals surface area contributed by atoms with Gasteiger partial charge < -0.3 is 10.1 Å². The van der Waals surface area contributed by atoms with Crippen LogP contribution in [0.25, 0.3) is 0 Å². The minimum atomic E-state index is 0.282. The predicted octanol–water partition coefficient (Wildman–Crippen LogP) is 0.669. The molecule has 6 nitrogen and oxygen atoms in total. The summed E-state index contributed by atoms with van der Waals surface area (Å²) in [5.74, 6) is 0.984. The number of nitrogens with zero attached hydrogens (tertiary/aromatic N) is 4. The van der Waals surface area contributed by atoms with Gasteiger partial charge in [0, 0.05) is 25.7 Å². The van der Waals surface area contributed by atoms with E-state index in [1.54, 1.807) is 6.33 Å². The smallest absolute Gasteiger partial charge is 0.141 e. The lowest BCUT2D eigenvalue weighted by molar-refractivity contribution is -0.0254. The average molecular weight is 267 g/mol. The van der Waals surface area contributed by atoms with Crippen molar-refractivity contribution >= 4 is 0 Å². The molecule has 0 aliphatic carbocycles. The Kier molecular flexibility index (Phi) is 5.30. The molecule has 1 aromatic heterocycles. The Hall–Kier alpha value is -0.980. The third-order valence-electron chi connectivity index (χ3n) is 3.46. The van der Waals surface area contributed by atoms with Gasteiger partial charge in [0.25, 0.3) is 0 Å². The van der Waals surface area contributed by atoms with Crippen molar-refractivity contribution in [2.24, 2.45) is 0 Å². The number of likely N-dealkylation sites (N-methyl/N-ethyl adjacent to an activating group) is 1. The van der Waals surface area contributed by atoms with Crippen LogP contribution in [0.4, 0.5) is 0 Å². The van der Waals surface area contributed by atoms with Crippen LogP contribution in [0.1, 0.15) is 32.6 Å². The summed E-state index contributed by atoms with van der Waals surface area (Å²) in [5, 5.41) is 7.65. The van der Waals surface area contributed by atoms with E-state index < -0.39 is 0 Å². The zero-order chi connectivity index (χ0) is 13.7. The van der Waals surface area contributed by atoms with Crippen LogP contribution >= 0.6 is 0 Å². The number of morpholine rings is 1.